The van der Waals surface area contributed by atoms with Gasteiger partial charge in [0.25, 0.3) is 12.2 Å². The molecule has 1 unspecified atom stereocenters. The summed E-state index contributed by atoms with van der Waals surface area (Å²) >= 11 is 0. The number of fused-ring (bicyclic) bond motifs is 1. The molecule has 2 heterocycles. The van der Waals surface area contributed by atoms with E-state index in [0.29, 0.717) is 30.3 Å². The first kappa shape index (κ1) is 24.4. The van der Waals surface area contributed by atoms with Crippen molar-refractivity contribution in [1.82, 2.24) is 4.90 Å². The lowest BCUT2D eigenvalue weighted by atomic mass is 10.1. The highest BCUT2D eigenvalue weighted by molar-refractivity contribution is 5.96. The summed E-state index contributed by atoms with van der Waals surface area (Å²) in [7, 11) is 0. The molecule has 1 aromatic rings. The maximum Gasteiger partial charge on any atom is 0.264 e. The summed E-state index contributed by atoms with van der Waals surface area (Å²) < 4.78 is 23.3. The van der Waals surface area contributed by atoms with Crippen LogP contribution in [0.1, 0.15) is 23.2 Å². The molecule has 3 rings (SSSR count). The molecule has 7 heteroatoms. The number of primary amides is 1. The Hall–Kier alpha value is -3.29. The first-order valence-corrected chi connectivity index (χ1v) is 11.1. The zero-order chi connectivity index (χ0) is 23.5. The lowest BCUT2D eigenvalue weighted by Crippen LogP contribution is -2.38. The van der Waals surface area contributed by atoms with Gasteiger partial charge in [0.15, 0.2) is 11.5 Å². The van der Waals surface area contributed by atoms with Crippen LogP contribution in [0.2, 0.25) is 0 Å². The third-order valence-electron chi connectivity index (χ3n) is 5.20. The van der Waals surface area contributed by atoms with Crippen molar-refractivity contribution in [3.63, 3.8) is 0 Å². The summed E-state index contributed by atoms with van der Waals surface area (Å²) in [4.78, 5) is 14.3. The molecule has 0 radical (unpaired) electrons. The molecular weight excluding hydrogens is 420 g/mol. The summed E-state index contributed by atoms with van der Waals surface area (Å²) in [6.45, 7) is 11.8. The van der Waals surface area contributed by atoms with Crippen LogP contribution < -0.4 is 19.9 Å². The summed E-state index contributed by atoms with van der Waals surface area (Å²) in [6, 6.07) is 3.26. The van der Waals surface area contributed by atoms with Crippen LogP contribution in [-0.2, 0) is 4.74 Å². The largest absolute Gasteiger partial charge is 0.491 e. The Balaban J connectivity index is 1.69. The Kier molecular flexibility index (Phi) is 9.35. The summed E-state index contributed by atoms with van der Waals surface area (Å²) in [5, 5.41) is 0. The van der Waals surface area contributed by atoms with E-state index in [2.05, 4.69) is 18.1 Å². The van der Waals surface area contributed by atoms with Gasteiger partial charge < -0.3 is 24.7 Å². The van der Waals surface area contributed by atoms with Crippen LogP contribution in [0.4, 0.5) is 0 Å². The lowest BCUT2D eigenvalue weighted by Gasteiger charge is -2.26. The van der Waals surface area contributed by atoms with Gasteiger partial charge in [-0.1, -0.05) is 42.5 Å². The second-order valence-electron chi connectivity index (χ2n) is 7.60. The third-order valence-corrected chi connectivity index (χ3v) is 5.20. The Morgan fingerprint density at radius 2 is 1.88 bits per heavy atom. The van der Waals surface area contributed by atoms with E-state index in [1.807, 2.05) is 36.5 Å². The van der Waals surface area contributed by atoms with Crippen LogP contribution in [0.25, 0.3) is 0 Å². The SMILES string of the molecule is C=CC/C=C/C=C/C=C(/CC=C)C1Oc2cc(OCCN3CCOCC3)c(C(N)=O)cc2O1. The molecule has 0 spiro atoms. The summed E-state index contributed by atoms with van der Waals surface area (Å²) in [5.41, 5.74) is 6.75. The fourth-order valence-electron chi connectivity index (χ4n) is 3.46. The average Bonchev–Trinajstić information content (AvgIpc) is 3.23. The molecule has 2 N–H and O–H groups in total. The quantitative estimate of drug-likeness (QED) is 0.384. The van der Waals surface area contributed by atoms with Crippen molar-refractivity contribution >= 4 is 5.91 Å². The number of hydrogen-bond acceptors (Lipinski definition) is 6. The van der Waals surface area contributed by atoms with Gasteiger partial charge in [-0.05, 0) is 12.8 Å². The Morgan fingerprint density at radius 1 is 1.12 bits per heavy atom. The normalized spacial score (nSPS) is 18.7. The van der Waals surface area contributed by atoms with Crippen LogP contribution in [-0.4, -0.2) is 56.6 Å². The van der Waals surface area contributed by atoms with Crippen LogP contribution in [0.3, 0.4) is 0 Å². The van der Waals surface area contributed by atoms with E-state index in [1.165, 1.54) is 0 Å². The third kappa shape index (κ3) is 7.10. The van der Waals surface area contributed by atoms with Gasteiger partial charge in [0.05, 0.1) is 18.8 Å². The second-order valence-corrected chi connectivity index (χ2v) is 7.60. The van der Waals surface area contributed by atoms with Crippen molar-refractivity contribution in [2.45, 2.75) is 19.1 Å². The van der Waals surface area contributed by atoms with E-state index >= 15 is 0 Å². The summed E-state index contributed by atoms with van der Waals surface area (Å²) in [5.74, 6) is 0.776. The number of allylic oxidation sites excluding steroid dienone is 7. The highest BCUT2D eigenvalue weighted by Crippen LogP contribution is 2.41. The number of hydrogen-bond donors (Lipinski definition) is 1. The molecule has 0 aliphatic carbocycles. The van der Waals surface area contributed by atoms with Crippen LogP contribution >= 0.6 is 0 Å². The van der Waals surface area contributed by atoms with Gasteiger partial charge in [-0.2, -0.15) is 0 Å². The van der Waals surface area contributed by atoms with E-state index in [4.69, 9.17) is 24.7 Å². The molecule has 1 aromatic carbocycles. The highest BCUT2D eigenvalue weighted by Gasteiger charge is 2.29. The maximum atomic E-state index is 12.0. The zero-order valence-electron chi connectivity index (χ0n) is 18.9. The van der Waals surface area contributed by atoms with Crippen molar-refractivity contribution in [2.24, 2.45) is 5.73 Å². The lowest BCUT2D eigenvalue weighted by molar-refractivity contribution is 0.0322. The first-order chi connectivity index (χ1) is 16.1. The molecule has 7 nitrogen and oxygen atoms in total. The van der Waals surface area contributed by atoms with E-state index < -0.39 is 12.2 Å². The topological polar surface area (TPSA) is 83.3 Å². The van der Waals surface area contributed by atoms with Gasteiger partial charge in [0.2, 0.25) is 0 Å². The van der Waals surface area contributed by atoms with Gasteiger partial charge in [-0.15, -0.1) is 13.2 Å². The van der Waals surface area contributed by atoms with Crippen molar-refractivity contribution in [1.29, 1.82) is 0 Å². The molecule has 33 heavy (non-hydrogen) atoms. The molecule has 1 fully saturated rings. The molecule has 1 saturated heterocycles. The molecule has 0 bridgehead atoms. The number of carbonyl (C=O) groups excluding carboxylic acids is 1. The molecule has 0 saturated carbocycles. The molecule has 176 valence electrons. The number of amides is 1. The van der Waals surface area contributed by atoms with Crippen LogP contribution in [0.5, 0.6) is 17.2 Å². The number of nitrogens with two attached hydrogens (primary N) is 1. The number of ether oxygens (including phenoxy) is 4. The van der Waals surface area contributed by atoms with E-state index in [-0.39, 0.29) is 5.56 Å². The minimum Gasteiger partial charge on any atom is -0.491 e. The van der Waals surface area contributed by atoms with Gasteiger partial charge >= 0.3 is 0 Å². The Bertz CT molecular complexity index is 929. The fourth-order valence-corrected chi connectivity index (χ4v) is 3.46. The Labute approximate surface area is 195 Å². The molecule has 2 aliphatic heterocycles. The molecule has 1 atom stereocenters. The van der Waals surface area contributed by atoms with Crippen molar-refractivity contribution in [2.75, 3.05) is 39.5 Å². The predicted octanol–water partition coefficient (Wildman–Crippen LogP) is 3.78. The standard InChI is InChI=1S/C26H32N2O5/c1-3-5-6-7-8-9-11-20(10-4-2)26-32-23-18-21(25(27)29)22(19-24(23)33-26)31-17-14-28-12-15-30-16-13-28/h3-4,6-9,11,18-19,26H,1-2,5,10,12-17H2,(H2,27,29)/b7-6+,9-8+,20-11-. The van der Waals surface area contributed by atoms with Gasteiger partial charge in [-0.3, -0.25) is 9.69 Å². The van der Waals surface area contributed by atoms with Gasteiger partial charge in [0, 0.05) is 37.3 Å². The number of benzene rings is 1. The van der Waals surface area contributed by atoms with Gasteiger partial charge in [-0.25, -0.2) is 0 Å². The maximum absolute atomic E-state index is 12.0. The van der Waals surface area contributed by atoms with E-state index in [9.17, 15) is 4.79 Å². The molecule has 0 aromatic heterocycles. The average molecular weight is 453 g/mol. The minimum absolute atomic E-state index is 0.265. The van der Waals surface area contributed by atoms with Crippen LogP contribution in [0, 0.1) is 0 Å². The minimum atomic E-state index is -0.621. The first-order valence-electron chi connectivity index (χ1n) is 11.1. The number of carbonyl (C=O) groups is 1. The molecular formula is C26H32N2O5. The van der Waals surface area contributed by atoms with Crippen molar-refractivity contribution < 1.29 is 23.7 Å². The highest BCUT2D eigenvalue weighted by atomic mass is 16.7. The van der Waals surface area contributed by atoms with E-state index in [1.54, 1.807) is 18.2 Å². The number of nitrogens with zero attached hydrogens (tertiary/aromatic N) is 1. The molecule has 1 amide bonds. The zero-order valence-corrected chi connectivity index (χ0v) is 18.9. The van der Waals surface area contributed by atoms with Gasteiger partial charge in [0.1, 0.15) is 12.4 Å². The number of rotatable bonds is 12. The second kappa shape index (κ2) is 12.7. The smallest absolute Gasteiger partial charge is 0.264 e. The van der Waals surface area contributed by atoms with Crippen molar-refractivity contribution in [3.05, 3.63) is 79.0 Å². The summed E-state index contributed by atoms with van der Waals surface area (Å²) in [6.07, 6.45) is 14.2. The van der Waals surface area contributed by atoms with Crippen LogP contribution in [0.15, 0.2) is 73.4 Å². The monoisotopic (exact) mass is 452 g/mol. The number of morpholine rings is 1. The molecule has 2 aliphatic rings. The Morgan fingerprint density at radius 3 is 2.58 bits per heavy atom. The van der Waals surface area contributed by atoms with Crippen molar-refractivity contribution in [3.8, 4) is 17.2 Å². The van der Waals surface area contributed by atoms with E-state index in [0.717, 1.165) is 44.8 Å². The fraction of sp³-hybridized carbons (Fsp3) is 0.346. The predicted molar refractivity (Wildman–Crippen MR) is 129 cm³/mol.